The zero-order valence-electron chi connectivity index (χ0n) is 63.3. The van der Waals surface area contributed by atoms with Crippen LogP contribution in [-0.4, -0.2) is 251 Å². The van der Waals surface area contributed by atoms with Crippen molar-refractivity contribution < 1.29 is 72.5 Å². The van der Waals surface area contributed by atoms with E-state index in [-0.39, 0.29) is 88.2 Å². The fourth-order valence-electron chi connectivity index (χ4n) is 12.2. The minimum absolute atomic E-state index is 0.0398. The van der Waals surface area contributed by atoms with E-state index in [1.54, 1.807) is 72.7 Å². The quantitative estimate of drug-likeness (QED) is 0.0838. The molecule has 0 bridgehead atoms. The first-order valence-electron chi connectivity index (χ1n) is 35.0. The highest BCUT2D eigenvalue weighted by molar-refractivity contribution is 6.31. The molecule has 562 valence electrons. The van der Waals surface area contributed by atoms with Gasteiger partial charge in [0.1, 0.15) is 73.1 Å². The lowest BCUT2D eigenvalue weighted by Gasteiger charge is -2.41. The van der Waals surface area contributed by atoms with Crippen molar-refractivity contribution in [1.82, 2.24) is 60.9 Å². The number of aliphatic hydroxyl groups excluding tert-OH is 2. The number of aliphatic hydroxyl groups is 2. The molecule has 1 saturated heterocycles. The van der Waals surface area contributed by atoms with E-state index in [0.29, 0.717) is 10.6 Å². The number of unbranched alkanes of at least 4 members (excludes halogenated alkanes) is 1. The summed E-state index contributed by atoms with van der Waals surface area (Å²) < 4.78 is 5.36. The average Bonchev–Trinajstić information content (AvgIpc) is 0.807. The van der Waals surface area contributed by atoms with Crippen molar-refractivity contribution in [2.24, 2.45) is 41.4 Å². The zero-order valence-corrected chi connectivity index (χ0v) is 64.0. The number of rotatable bonds is 21. The molecule has 0 radical (unpaired) electrons. The molecular formula is C71H121ClN12O15. The van der Waals surface area contributed by atoms with Crippen molar-refractivity contribution in [3.8, 4) is 0 Å². The van der Waals surface area contributed by atoms with Crippen LogP contribution in [0.3, 0.4) is 0 Å². The smallest absolute Gasteiger partial charge is 0.407 e. The largest absolute Gasteiger partial charge is 0.445 e. The van der Waals surface area contributed by atoms with Crippen LogP contribution in [0.4, 0.5) is 4.79 Å². The Balaban J connectivity index is 3.02. The Bertz CT molecular complexity index is 2890. The van der Waals surface area contributed by atoms with Crippen molar-refractivity contribution in [2.75, 3.05) is 62.5 Å². The maximum absolute atomic E-state index is 15.2. The Kier molecular flexibility index (Phi) is 36.4. The van der Waals surface area contributed by atoms with Crippen LogP contribution in [0.5, 0.6) is 0 Å². The van der Waals surface area contributed by atoms with E-state index >= 15 is 14.4 Å². The SMILES string of the molecule is CCC1NC(=O)C(C(O)C(C)C)N(C)C(=O)C(C(C)C)N(C)C(=O)C(CC(C)C)N(C)C(=O)C(CC(C)C)N(C)C(=O)C(C)NC(=O)C(CCCCNC(=O)OCc2ccccc2Cl)NC(=O)C(CC(C)C)N(C)C(=O)C(C(C)C)NC(=O)C(CC(C)C)N(C)C(=O)C(CO)N(C)C1=O. The van der Waals surface area contributed by atoms with Crippen molar-refractivity contribution in [1.29, 1.82) is 0 Å². The number of hydrogen-bond acceptors (Lipinski definition) is 15. The summed E-state index contributed by atoms with van der Waals surface area (Å²) >= 11 is 6.25. The summed E-state index contributed by atoms with van der Waals surface area (Å²) in [6.07, 6.45) is -1.57. The van der Waals surface area contributed by atoms with E-state index in [1.807, 2.05) is 55.4 Å². The van der Waals surface area contributed by atoms with Crippen LogP contribution < -0.4 is 26.6 Å². The minimum Gasteiger partial charge on any atom is -0.445 e. The first-order chi connectivity index (χ1) is 46.0. The molecule has 12 unspecified atom stereocenters. The molecule has 7 N–H and O–H groups in total. The van der Waals surface area contributed by atoms with Crippen LogP contribution in [0.25, 0.3) is 0 Å². The topological polar surface area (TPSA) is 337 Å². The Morgan fingerprint density at radius 3 is 1.41 bits per heavy atom. The normalized spacial score (nSPS) is 25.0. The number of carbonyl (C=O) groups is 12. The fourth-order valence-corrected chi connectivity index (χ4v) is 12.4. The Labute approximate surface area is 593 Å². The van der Waals surface area contributed by atoms with Gasteiger partial charge in [0.2, 0.25) is 65.0 Å². The van der Waals surface area contributed by atoms with E-state index in [2.05, 4.69) is 26.6 Å². The van der Waals surface area contributed by atoms with Gasteiger partial charge in [0.25, 0.3) is 0 Å². The molecule has 12 amide bonds. The van der Waals surface area contributed by atoms with Gasteiger partial charge in [-0.25, -0.2) is 4.79 Å². The molecule has 1 aliphatic heterocycles. The van der Waals surface area contributed by atoms with Crippen molar-refractivity contribution in [3.63, 3.8) is 0 Å². The molecule has 0 aliphatic carbocycles. The van der Waals surface area contributed by atoms with E-state index < -0.39 is 168 Å². The molecule has 99 heavy (non-hydrogen) atoms. The second-order valence-electron chi connectivity index (χ2n) is 29.4. The third-order valence-corrected chi connectivity index (χ3v) is 18.7. The summed E-state index contributed by atoms with van der Waals surface area (Å²) in [5.74, 6) is -11.2. The first-order valence-corrected chi connectivity index (χ1v) is 35.4. The third-order valence-electron chi connectivity index (χ3n) is 18.3. The zero-order chi connectivity index (χ0) is 75.9. The van der Waals surface area contributed by atoms with Gasteiger partial charge in [-0.3, -0.25) is 52.7 Å². The second-order valence-corrected chi connectivity index (χ2v) is 29.8. The molecule has 28 heteroatoms. The fraction of sp³-hybridized carbons (Fsp3) is 0.746. The van der Waals surface area contributed by atoms with Gasteiger partial charge in [-0.05, 0) is 106 Å². The average molecular weight is 1420 g/mol. The van der Waals surface area contributed by atoms with Crippen LogP contribution in [0, 0.1) is 41.4 Å². The third kappa shape index (κ3) is 25.2. The number of carbonyl (C=O) groups excluding carboxylic acids is 12. The molecular weight excluding hydrogens is 1300 g/mol. The lowest BCUT2D eigenvalue weighted by molar-refractivity contribution is -0.157. The van der Waals surface area contributed by atoms with Crippen molar-refractivity contribution in [3.05, 3.63) is 34.9 Å². The van der Waals surface area contributed by atoms with E-state index in [4.69, 9.17) is 16.3 Å². The molecule has 1 aliphatic rings. The van der Waals surface area contributed by atoms with Crippen molar-refractivity contribution >= 4 is 82.7 Å². The molecule has 2 rings (SSSR count). The number of nitrogens with zero attached hydrogens (tertiary/aromatic N) is 7. The highest BCUT2D eigenvalue weighted by Gasteiger charge is 2.46. The molecule has 27 nitrogen and oxygen atoms in total. The lowest BCUT2D eigenvalue weighted by atomic mass is 9.93. The maximum Gasteiger partial charge on any atom is 0.407 e. The highest BCUT2D eigenvalue weighted by Crippen LogP contribution is 2.26. The van der Waals surface area contributed by atoms with Gasteiger partial charge in [-0.1, -0.05) is 134 Å². The van der Waals surface area contributed by atoms with Crippen molar-refractivity contribution in [2.45, 2.75) is 241 Å². The standard InChI is InChI=1S/C71H121ClN12O15/c1-24-49-65(92)82(21)55(37-85)68(95)78(17)52(34-40(4)5)62(89)77-56(43(10)11)69(96)79(18)51(33-39(2)3)61(88)76-50(31-27-28-32-73-71(98)99-38-47-29-25-26-30-48(47)72)60(87)74-46(16)64(91)80(19)53(35-41(6)7)66(93)81(20)54(36-42(8)9)67(94)83(22)57(44(12)13)70(97)84(23)58(63(90)75-49)59(86)45(14)15/h25-26,29-30,39-46,49-59,85-86H,24,27-28,31-38H2,1-23H3,(H,73,98)(H,74,87)(H,75,90)(H,76,88)(H,77,89). The molecule has 1 aromatic rings. The molecule has 0 aromatic heterocycles. The summed E-state index contributed by atoms with van der Waals surface area (Å²) in [5.41, 5.74) is 0.595. The summed E-state index contributed by atoms with van der Waals surface area (Å²) in [7, 11) is 9.53. The van der Waals surface area contributed by atoms with Gasteiger partial charge >= 0.3 is 6.09 Å². The first kappa shape index (κ1) is 88.0. The van der Waals surface area contributed by atoms with Gasteiger partial charge < -0.3 is 75.8 Å². The van der Waals surface area contributed by atoms with Crippen LogP contribution >= 0.6 is 11.6 Å². The van der Waals surface area contributed by atoms with Gasteiger partial charge in [-0.2, -0.15) is 0 Å². The molecule has 0 spiro atoms. The number of benzene rings is 1. The number of ether oxygens (including phenoxy) is 1. The summed E-state index contributed by atoms with van der Waals surface area (Å²) in [6.45, 7) is 26.8. The van der Waals surface area contributed by atoms with Gasteiger partial charge in [0.15, 0.2) is 0 Å². The monoisotopic (exact) mass is 1420 g/mol. The Morgan fingerprint density at radius 1 is 0.505 bits per heavy atom. The Morgan fingerprint density at radius 2 is 0.939 bits per heavy atom. The number of hydrogen-bond donors (Lipinski definition) is 7. The van der Waals surface area contributed by atoms with E-state index in [0.717, 1.165) is 14.7 Å². The molecule has 1 aromatic carbocycles. The van der Waals surface area contributed by atoms with E-state index in [1.165, 1.54) is 75.9 Å². The molecule has 12 atom stereocenters. The number of nitrogens with one attached hydrogen (secondary N) is 5. The van der Waals surface area contributed by atoms with Gasteiger partial charge in [0.05, 0.1) is 12.7 Å². The summed E-state index contributed by atoms with van der Waals surface area (Å²) in [5, 5.41) is 37.0. The highest BCUT2D eigenvalue weighted by atomic mass is 35.5. The van der Waals surface area contributed by atoms with Crippen LogP contribution in [0.1, 0.15) is 168 Å². The Hall–Kier alpha value is -7.13. The van der Waals surface area contributed by atoms with Crippen LogP contribution in [0.2, 0.25) is 5.02 Å². The summed E-state index contributed by atoms with van der Waals surface area (Å²) in [4.78, 5) is 185. The van der Waals surface area contributed by atoms with Gasteiger partial charge in [-0.15, -0.1) is 0 Å². The molecule has 0 saturated carbocycles. The van der Waals surface area contributed by atoms with Gasteiger partial charge in [0, 0.05) is 66.5 Å². The maximum atomic E-state index is 15.2. The number of amides is 12. The predicted octanol–water partition coefficient (Wildman–Crippen LogP) is 4.41. The van der Waals surface area contributed by atoms with E-state index in [9.17, 15) is 53.4 Å². The molecule has 1 heterocycles. The number of alkyl carbamates (subject to hydrolysis) is 1. The minimum atomic E-state index is -1.67. The number of likely N-dealkylation sites (N-methyl/N-ethyl adjacent to an activating group) is 7. The molecule has 1 fully saturated rings. The lowest BCUT2D eigenvalue weighted by Crippen LogP contribution is -2.64. The second kappa shape index (κ2) is 41.0. The number of halogens is 1. The van der Waals surface area contributed by atoms with Crippen LogP contribution in [0.15, 0.2) is 24.3 Å². The van der Waals surface area contributed by atoms with Crippen LogP contribution in [-0.2, 0) is 64.1 Å². The predicted molar refractivity (Wildman–Crippen MR) is 379 cm³/mol. The summed E-state index contributed by atoms with van der Waals surface area (Å²) in [6, 6.07) is -8.12.